The molecule has 1 saturated heterocycles. The van der Waals surface area contributed by atoms with Crippen molar-refractivity contribution in [2.45, 2.75) is 45.6 Å². The van der Waals surface area contributed by atoms with Crippen LogP contribution >= 0.6 is 0 Å². The van der Waals surface area contributed by atoms with Crippen LogP contribution in [0.25, 0.3) is 0 Å². The molecule has 7 nitrogen and oxygen atoms in total. The Balaban J connectivity index is 1.94. The monoisotopic (exact) mass is 361 g/mol. The summed E-state index contributed by atoms with van der Waals surface area (Å²) in [5.74, 6) is 0.836. The third-order valence-electron chi connectivity index (χ3n) is 4.78. The van der Waals surface area contributed by atoms with Crippen LogP contribution < -0.4 is 10.6 Å². The lowest BCUT2D eigenvalue weighted by molar-refractivity contribution is -0.139. The Morgan fingerprint density at radius 1 is 1.27 bits per heavy atom. The zero-order valence-corrected chi connectivity index (χ0v) is 15.5. The van der Waals surface area contributed by atoms with Crippen molar-refractivity contribution in [3.63, 3.8) is 0 Å². The van der Waals surface area contributed by atoms with E-state index in [1.807, 2.05) is 13.0 Å². The number of carbonyl (C=O) groups is 2. The number of aryl methyl sites for hydroxylation is 1. The van der Waals surface area contributed by atoms with Gasteiger partial charge in [0.1, 0.15) is 17.6 Å². The maximum absolute atomic E-state index is 12.7. The fourth-order valence-electron chi connectivity index (χ4n) is 3.53. The minimum absolute atomic E-state index is 0.275. The van der Waals surface area contributed by atoms with Crippen LogP contribution in [0.4, 0.5) is 4.79 Å². The molecule has 3 rings (SSSR count). The van der Waals surface area contributed by atoms with Gasteiger partial charge in [-0.1, -0.05) is 12.8 Å². The molecule has 0 radical (unpaired) electrons. The van der Waals surface area contributed by atoms with Gasteiger partial charge in [0.2, 0.25) is 0 Å². The number of nitrogens with one attached hydrogen (secondary N) is 2. The molecule has 1 fully saturated rings. The highest BCUT2D eigenvalue weighted by Crippen LogP contribution is 2.29. The second-order valence-electron chi connectivity index (χ2n) is 6.78. The number of amides is 2. The summed E-state index contributed by atoms with van der Waals surface area (Å²) in [5, 5.41) is 5.62. The first-order chi connectivity index (χ1) is 12.6. The largest absolute Gasteiger partial charge is 0.464 e. The molecular formula is C19H27N3O4. The van der Waals surface area contributed by atoms with E-state index in [9.17, 15) is 9.59 Å². The fourth-order valence-corrected chi connectivity index (χ4v) is 3.53. The first-order valence-corrected chi connectivity index (χ1v) is 9.35. The van der Waals surface area contributed by atoms with Gasteiger partial charge in [0, 0.05) is 12.2 Å². The number of ether oxygens (including phenoxy) is 1. The third-order valence-corrected chi connectivity index (χ3v) is 4.78. The van der Waals surface area contributed by atoms with Crippen LogP contribution in [0.3, 0.4) is 0 Å². The molecule has 2 amide bonds. The number of carbonyl (C=O) groups excluding carboxylic acids is 2. The molecule has 3 heterocycles. The normalized spacial score (nSPS) is 21.8. The standard InChI is InChI=1S/C19H27N3O4/c1-3-25-18(23)16-14(12-22-10-6-4-5-7-11-22)20-19(24)21-17(16)15-9-8-13(2)26-15/h8-9,17H,3-7,10-12H2,1-2H3,(H2,20,21,24)/t17-/m0/s1. The van der Waals surface area contributed by atoms with E-state index in [0.717, 1.165) is 31.7 Å². The van der Waals surface area contributed by atoms with Gasteiger partial charge < -0.3 is 19.8 Å². The van der Waals surface area contributed by atoms with Gasteiger partial charge in [-0.2, -0.15) is 0 Å². The molecule has 1 aromatic rings. The van der Waals surface area contributed by atoms with E-state index in [2.05, 4.69) is 15.5 Å². The molecule has 1 atom stereocenters. The van der Waals surface area contributed by atoms with E-state index >= 15 is 0 Å². The predicted octanol–water partition coefficient (Wildman–Crippen LogP) is 2.64. The molecular weight excluding hydrogens is 334 g/mol. The summed E-state index contributed by atoms with van der Waals surface area (Å²) < 4.78 is 11.0. The lowest BCUT2D eigenvalue weighted by Crippen LogP contribution is -2.48. The van der Waals surface area contributed by atoms with Crippen LogP contribution in [0.15, 0.2) is 27.8 Å². The summed E-state index contributed by atoms with van der Waals surface area (Å²) in [6.07, 6.45) is 4.72. The lowest BCUT2D eigenvalue weighted by atomic mass is 9.99. The minimum atomic E-state index is -0.640. The highest BCUT2D eigenvalue weighted by Gasteiger charge is 2.36. The second kappa shape index (κ2) is 8.40. The van der Waals surface area contributed by atoms with Crippen molar-refractivity contribution in [1.82, 2.24) is 15.5 Å². The summed E-state index contributed by atoms with van der Waals surface area (Å²) in [6, 6.07) is 2.63. The second-order valence-corrected chi connectivity index (χ2v) is 6.78. The number of likely N-dealkylation sites (tertiary alicyclic amines) is 1. The van der Waals surface area contributed by atoms with Crippen molar-refractivity contribution in [3.05, 3.63) is 34.9 Å². The van der Waals surface area contributed by atoms with Crippen molar-refractivity contribution in [1.29, 1.82) is 0 Å². The number of nitrogens with zero attached hydrogens (tertiary/aromatic N) is 1. The van der Waals surface area contributed by atoms with Crippen LogP contribution in [0.2, 0.25) is 0 Å². The summed E-state index contributed by atoms with van der Waals surface area (Å²) in [4.78, 5) is 27.2. The topological polar surface area (TPSA) is 83.8 Å². The van der Waals surface area contributed by atoms with E-state index in [-0.39, 0.29) is 12.6 Å². The molecule has 0 saturated carbocycles. The zero-order chi connectivity index (χ0) is 18.5. The maximum atomic E-state index is 12.7. The molecule has 2 N–H and O–H groups in total. The van der Waals surface area contributed by atoms with E-state index in [4.69, 9.17) is 9.15 Å². The van der Waals surface area contributed by atoms with E-state index in [1.165, 1.54) is 12.8 Å². The van der Waals surface area contributed by atoms with Gasteiger partial charge in [-0.15, -0.1) is 0 Å². The Hall–Kier alpha value is -2.28. The number of rotatable bonds is 5. The predicted molar refractivity (Wildman–Crippen MR) is 96.4 cm³/mol. The molecule has 0 bridgehead atoms. The van der Waals surface area contributed by atoms with Crippen molar-refractivity contribution >= 4 is 12.0 Å². The average Bonchev–Trinajstić information content (AvgIpc) is 2.87. The number of hydrogen-bond acceptors (Lipinski definition) is 5. The van der Waals surface area contributed by atoms with Crippen molar-refractivity contribution in [3.8, 4) is 0 Å². The number of esters is 1. The van der Waals surface area contributed by atoms with Crippen LogP contribution in [-0.4, -0.2) is 43.1 Å². The quantitative estimate of drug-likeness (QED) is 0.788. The van der Waals surface area contributed by atoms with Crippen LogP contribution in [0.5, 0.6) is 0 Å². The fraction of sp³-hybridized carbons (Fsp3) is 0.579. The Bertz CT molecular complexity index is 687. The minimum Gasteiger partial charge on any atom is -0.464 e. The van der Waals surface area contributed by atoms with Crippen LogP contribution in [0.1, 0.15) is 50.2 Å². The molecule has 0 spiro atoms. The summed E-state index contributed by atoms with van der Waals surface area (Å²) >= 11 is 0. The molecule has 7 heteroatoms. The van der Waals surface area contributed by atoms with E-state index < -0.39 is 12.0 Å². The molecule has 0 unspecified atom stereocenters. The smallest absolute Gasteiger partial charge is 0.338 e. The first kappa shape index (κ1) is 18.5. The highest BCUT2D eigenvalue weighted by molar-refractivity contribution is 5.95. The van der Waals surface area contributed by atoms with Gasteiger partial charge in [0.15, 0.2) is 0 Å². The Labute approximate surface area is 153 Å². The van der Waals surface area contributed by atoms with Gasteiger partial charge in [0.05, 0.1) is 12.2 Å². The van der Waals surface area contributed by atoms with Crippen molar-refractivity contribution < 1.29 is 18.7 Å². The van der Waals surface area contributed by atoms with Crippen LogP contribution in [0, 0.1) is 6.92 Å². The van der Waals surface area contributed by atoms with E-state index in [1.54, 1.807) is 13.0 Å². The number of hydrogen-bond donors (Lipinski definition) is 2. The SMILES string of the molecule is CCOC(=O)C1=C(CN2CCCCCC2)NC(=O)N[C@H]1c1ccc(C)o1. The number of urea groups is 1. The zero-order valence-electron chi connectivity index (χ0n) is 15.5. The Morgan fingerprint density at radius 3 is 2.62 bits per heavy atom. The van der Waals surface area contributed by atoms with E-state index in [0.29, 0.717) is 23.6 Å². The summed E-state index contributed by atoms with van der Waals surface area (Å²) in [5.41, 5.74) is 1.03. The molecule has 0 aliphatic carbocycles. The molecule has 26 heavy (non-hydrogen) atoms. The van der Waals surface area contributed by atoms with Gasteiger partial charge in [-0.3, -0.25) is 4.90 Å². The maximum Gasteiger partial charge on any atom is 0.338 e. The van der Waals surface area contributed by atoms with Gasteiger partial charge >= 0.3 is 12.0 Å². The summed E-state index contributed by atoms with van der Waals surface area (Å²) in [7, 11) is 0. The lowest BCUT2D eigenvalue weighted by Gasteiger charge is -2.30. The van der Waals surface area contributed by atoms with Crippen molar-refractivity contribution in [2.24, 2.45) is 0 Å². The Morgan fingerprint density at radius 2 is 2.00 bits per heavy atom. The van der Waals surface area contributed by atoms with Crippen LogP contribution in [-0.2, 0) is 9.53 Å². The molecule has 2 aliphatic heterocycles. The summed E-state index contributed by atoms with van der Waals surface area (Å²) in [6.45, 7) is 6.34. The number of furan rings is 1. The molecule has 1 aromatic heterocycles. The average molecular weight is 361 g/mol. The third kappa shape index (κ3) is 4.27. The molecule has 0 aromatic carbocycles. The Kier molecular flexibility index (Phi) is 5.98. The first-order valence-electron chi connectivity index (χ1n) is 9.35. The van der Waals surface area contributed by atoms with Gasteiger partial charge in [0.25, 0.3) is 0 Å². The highest BCUT2D eigenvalue weighted by atomic mass is 16.5. The van der Waals surface area contributed by atoms with Gasteiger partial charge in [-0.05, 0) is 51.9 Å². The molecule has 2 aliphatic rings. The van der Waals surface area contributed by atoms with Gasteiger partial charge in [-0.25, -0.2) is 9.59 Å². The van der Waals surface area contributed by atoms with Crippen molar-refractivity contribution in [2.75, 3.05) is 26.2 Å². The molecule has 142 valence electrons.